The molecule has 3 aromatic heterocycles. The second-order valence-electron chi connectivity index (χ2n) is 12.4. The van der Waals surface area contributed by atoms with Crippen LogP contribution in [0.1, 0.15) is 0 Å². The van der Waals surface area contributed by atoms with Crippen molar-refractivity contribution in [2.45, 2.75) is 0 Å². The van der Waals surface area contributed by atoms with Crippen molar-refractivity contribution >= 4 is 63.0 Å². The smallest absolute Gasteiger partial charge is 0.165 e. The van der Waals surface area contributed by atoms with E-state index in [1.807, 2.05) is 17.4 Å². The summed E-state index contributed by atoms with van der Waals surface area (Å²) in [6.45, 7) is 0. The first-order valence-electron chi connectivity index (χ1n) is 16.6. The van der Waals surface area contributed by atoms with Gasteiger partial charge in [0.25, 0.3) is 0 Å². The lowest BCUT2D eigenvalue weighted by atomic mass is 9.99. The van der Waals surface area contributed by atoms with Crippen molar-refractivity contribution in [3.8, 4) is 56.4 Å². The molecule has 50 heavy (non-hydrogen) atoms. The normalized spacial score (nSPS) is 11.6. The predicted molar refractivity (Wildman–Crippen MR) is 213 cm³/mol. The third-order valence-electron chi connectivity index (χ3n) is 9.37. The quantitative estimate of drug-likeness (QED) is 0.182. The van der Waals surface area contributed by atoms with Crippen molar-refractivity contribution in [3.05, 3.63) is 164 Å². The number of rotatable bonds is 5. The molecule has 0 bridgehead atoms. The van der Waals surface area contributed by atoms with E-state index in [1.165, 1.54) is 57.0 Å². The fourth-order valence-electron chi connectivity index (χ4n) is 6.94. The zero-order chi connectivity index (χ0) is 33.0. The van der Waals surface area contributed by atoms with E-state index in [-0.39, 0.29) is 0 Å². The first-order valence-corrected chi connectivity index (χ1v) is 18.2. The minimum Gasteiger partial charge on any atom is -0.208 e. The van der Waals surface area contributed by atoms with Gasteiger partial charge in [0.1, 0.15) is 0 Å². The average molecular weight is 674 g/mol. The summed E-state index contributed by atoms with van der Waals surface area (Å²) in [6.07, 6.45) is 0. The zero-order valence-electron chi connectivity index (χ0n) is 26.7. The van der Waals surface area contributed by atoms with Crippen LogP contribution in [0.5, 0.6) is 0 Å². The molecule has 0 aliphatic carbocycles. The monoisotopic (exact) mass is 673 g/mol. The molecular weight excluding hydrogens is 647 g/mol. The molecule has 0 N–H and O–H groups in total. The van der Waals surface area contributed by atoms with Crippen LogP contribution in [-0.2, 0) is 0 Å². The predicted octanol–water partition coefficient (Wildman–Crippen LogP) is 12.9. The molecule has 0 atom stereocenters. The molecule has 3 nitrogen and oxygen atoms in total. The Morgan fingerprint density at radius 2 is 0.900 bits per heavy atom. The van der Waals surface area contributed by atoms with E-state index in [2.05, 4.69) is 158 Å². The maximum absolute atomic E-state index is 5.20. The number of fused-ring (bicyclic) bond motifs is 6. The molecule has 0 unspecified atom stereocenters. The molecule has 7 aromatic carbocycles. The fraction of sp³-hybridized carbons (Fsp3) is 0. The Morgan fingerprint density at radius 1 is 0.320 bits per heavy atom. The first-order chi connectivity index (χ1) is 24.8. The third kappa shape index (κ3) is 4.90. The van der Waals surface area contributed by atoms with Gasteiger partial charge in [-0.25, -0.2) is 15.0 Å². The summed E-state index contributed by atoms with van der Waals surface area (Å²) >= 11 is 3.61. The summed E-state index contributed by atoms with van der Waals surface area (Å²) in [5.41, 5.74) is 7.76. The lowest BCUT2D eigenvalue weighted by Crippen LogP contribution is -2.00. The van der Waals surface area contributed by atoms with Gasteiger partial charge in [-0.05, 0) is 46.5 Å². The summed E-state index contributed by atoms with van der Waals surface area (Å²) < 4.78 is 4.92. The minimum atomic E-state index is 0.658. The summed E-state index contributed by atoms with van der Waals surface area (Å²) in [6, 6.07) is 57.9. The Bertz CT molecular complexity index is 2850. The lowest BCUT2D eigenvalue weighted by Gasteiger charge is -2.10. The van der Waals surface area contributed by atoms with E-state index in [9.17, 15) is 0 Å². The van der Waals surface area contributed by atoms with Gasteiger partial charge in [0.2, 0.25) is 0 Å². The van der Waals surface area contributed by atoms with Gasteiger partial charge in [0.15, 0.2) is 17.5 Å². The Labute approximate surface area is 296 Å². The van der Waals surface area contributed by atoms with Crippen LogP contribution < -0.4 is 0 Å². The van der Waals surface area contributed by atoms with E-state index in [0.29, 0.717) is 17.5 Å². The van der Waals surface area contributed by atoms with Gasteiger partial charge in [-0.2, -0.15) is 0 Å². The van der Waals surface area contributed by atoms with E-state index < -0.39 is 0 Å². The Hall–Kier alpha value is -6.01. The van der Waals surface area contributed by atoms with Crippen molar-refractivity contribution in [3.63, 3.8) is 0 Å². The first kappa shape index (κ1) is 29.0. The average Bonchev–Trinajstić information content (AvgIpc) is 3.77. The Kier molecular flexibility index (Phi) is 6.86. The largest absolute Gasteiger partial charge is 0.208 e. The number of benzene rings is 7. The van der Waals surface area contributed by atoms with E-state index >= 15 is 0 Å². The van der Waals surface area contributed by atoms with Gasteiger partial charge in [-0.3, -0.25) is 0 Å². The molecule has 3 heterocycles. The SMILES string of the molecule is c1ccc(-c2ccc(-c3nc(-c4ccc5c(c4)sc4cccc(-c6ccccc6)c45)nc(-c4cccc5c4sc4ccccc45)n3)cc2)cc1. The maximum atomic E-state index is 5.20. The molecule has 0 fully saturated rings. The summed E-state index contributed by atoms with van der Waals surface area (Å²) in [4.78, 5) is 15.5. The molecule has 10 rings (SSSR count). The van der Waals surface area contributed by atoms with Gasteiger partial charge in [-0.15, -0.1) is 22.7 Å². The van der Waals surface area contributed by atoms with E-state index in [4.69, 9.17) is 15.0 Å². The Balaban J connectivity index is 1.16. The van der Waals surface area contributed by atoms with Crippen LogP contribution in [0.15, 0.2) is 164 Å². The van der Waals surface area contributed by atoms with Crippen molar-refractivity contribution in [1.29, 1.82) is 0 Å². The molecule has 0 saturated heterocycles. The van der Waals surface area contributed by atoms with Crippen LogP contribution in [0.25, 0.3) is 96.8 Å². The fourth-order valence-corrected chi connectivity index (χ4v) is 9.33. The molecule has 0 aliphatic rings. The highest BCUT2D eigenvalue weighted by Crippen LogP contribution is 2.42. The molecule has 5 heteroatoms. The van der Waals surface area contributed by atoms with Gasteiger partial charge < -0.3 is 0 Å². The number of hydrogen-bond donors (Lipinski definition) is 0. The molecule has 0 aliphatic heterocycles. The number of hydrogen-bond acceptors (Lipinski definition) is 5. The molecular formula is C45H27N3S2. The minimum absolute atomic E-state index is 0.658. The van der Waals surface area contributed by atoms with Crippen molar-refractivity contribution < 1.29 is 0 Å². The van der Waals surface area contributed by atoms with Crippen LogP contribution in [0.3, 0.4) is 0 Å². The highest BCUT2D eigenvalue weighted by atomic mass is 32.1. The molecule has 0 saturated carbocycles. The van der Waals surface area contributed by atoms with Gasteiger partial charge in [-0.1, -0.05) is 140 Å². The number of thiophene rings is 2. The second kappa shape index (κ2) is 11.8. The molecule has 0 spiro atoms. The highest BCUT2D eigenvalue weighted by molar-refractivity contribution is 7.26. The molecule has 234 valence electrons. The van der Waals surface area contributed by atoms with Crippen LogP contribution in [0.4, 0.5) is 0 Å². The molecule has 0 radical (unpaired) electrons. The van der Waals surface area contributed by atoms with Crippen molar-refractivity contribution in [1.82, 2.24) is 15.0 Å². The maximum Gasteiger partial charge on any atom is 0.165 e. The van der Waals surface area contributed by atoms with Crippen molar-refractivity contribution in [2.75, 3.05) is 0 Å². The standard InChI is InChI=1S/C45H27N3S2/c1-3-11-28(12-4-1)29-21-23-31(24-22-29)43-46-44(48-45(47-43)37-18-9-17-35-34-15-7-8-19-38(34)50-42(35)37)32-25-26-36-40(27-32)49-39-20-10-16-33(41(36)39)30-13-5-2-6-14-30/h1-27H. The topological polar surface area (TPSA) is 38.7 Å². The Morgan fingerprint density at radius 3 is 1.72 bits per heavy atom. The second-order valence-corrected chi connectivity index (χ2v) is 14.5. The summed E-state index contributed by atoms with van der Waals surface area (Å²) in [7, 11) is 0. The lowest BCUT2D eigenvalue weighted by molar-refractivity contribution is 1.08. The van der Waals surface area contributed by atoms with Crippen LogP contribution in [-0.4, -0.2) is 15.0 Å². The highest BCUT2D eigenvalue weighted by Gasteiger charge is 2.18. The van der Waals surface area contributed by atoms with Gasteiger partial charge in [0, 0.05) is 57.0 Å². The van der Waals surface area contributed by atoms with E-state index in [1.54, 1.807) is 11.3 Å². The molecule has 10 aromatic rings. The van der Waals surface area contributed by atoms with Gasteiger partial charge >= 0.3 is 0 Å². The van der Waals surface area contributed by atoms with Crippen LogP contribution >= 0.6 is 22.7 Å². The van der Waals surface area contributed by atoms with Crippen molar-refractivity contribution in [2.24, 2.45) is 0 Å². The van der Waals surface area contributed by atoms with Gasteiger partial charge in [0.05, 0.1) is 0 Å². The van der Waals surface area contributed by atoms with E-state index in [0.717, 1.165) is 22.3 Å². The molecule has 0 amide bonds. The zero-order valence-corrected chi connectivity index (χ0v) is 28.4. The van der Waals surface area contributed by atoms with Crippen LogP contribution in [0.2, 0.25) is 0 Å². The number of aromatic nitrogens is 3. The summed E-state index contributed by atoms with van der Waals surface area (Å²) in [5.74, 6) is 2.00. The van der Waals surface area contributed by atoms with Crippen LogP contribution in [0, 0.1) is 0 Å². The summed E-state index contributed by atoms with van der Waals surface area (Å²) in [5, 5.41) is 5.01. The number of nitrogens with zero attached hydrogens (tertiary/aromatic N) is 3. The third-order valence-corrected chi connectivity index (χ3v) is 11.7.